The fraction of sp³-hybridized carbons (Fsp3) is 0.656. The first-order chi connectivity index (χ1) is 20.6. The average molecular weight is 616 g/mol. The molecule has 0 aromatic heterocycles. The summed E-state index contributed by atoms with van der Waals surface area (Å²) in [5.74, 6) is -2.27. The highest BCUT2D eigenvalue weighted by atomic mass is 35.5. The minimum Gasteiger partial charge on any atom is -0.359 e. The summed E-state index contributed by atoms with van der Waals surface area (Å²) >= 11 is 5.94. The molecule has 8 atom stereocenters. The number of hydrogen-bond donors (Lipinski definition) is 2. The van der Waals surface area contributed by atoms with Crippen LogP contribution in [0.3, 0.4) is 0 Å². The fourth-order valence-corrected chi connectivity index (χ4v) is 8.07. The summed E-state index contributed by atoms with van der Waals surface area (Å²) in [6.45, 7) is 9.60. The van der Waals surface area contributed by atoms with Gasteiger partial charge in [-0.3, -0.25) is 14.4 Å². The Morgan fingerprint density at radius 2 is 1.88 bits per heavy atom. The fourth-order valence-electron chi connectivity index (χ4n) is 7.89. The normalized spacial score (nSPS) is 35.8. The minimum absolute atomic E-state index is 0.0268. The van der Waals surface area contributed by atoms with E-state index in [9.17, 15) is 18.8 Å². The second kappa shape index (κ2) is 12.1. The summed E-state index contributed by atoms with van der Waals surface area (Å²) in [6, 6.07) is 3.13. The van der Waals surface area contributed by atoms with E-state index in [4.69, 9.17) is 16.3 Å². The zero-order chi connectivity index (χ0) is 30.5. The molecule has 1 aliphatic carbocycles. The molecule has 2 bridgehead atoms. The van der Waals surface area contributed by atoms with Crippen LogP contribution in [0.5, 0.6) is 0 Å². The number of carbonyl (C=O) groups excluding carboxylic acids is 3. The van der Waals surface area contributed by atoms with Crippen molar-refractivity contribution < 1.29 is 23.5 Å². The van der Waals surface area contributed by atoms with Gasteiger partial charge in [-0.15, -0.1) is 0 Å². The van der Waals surface area contributed by atoms with Crippen LogP contribution in [0.1, 0.15) is 39.5 Å². The predicted octanol–water partition coefficient (Wildman–Crippen LogP) is 3.15. The molecule has 4 aliphatic heterocycles. The molecule has 11 heteroatoms. The van der Waals surface area contributed by atoms with Gasteiger partial charge in [-0.1, -0.05) is 50.4 Å². The summed E-state index contributed by atoms with van der Waals surface area (Å²) in [5.41, 5.74) is -0.882. The lowest BCUT2D eigenvalue weighted by Crippen LogP contribution is -2.58. The van der Waals surface area contributed by atoms with E-state index >= 15 is 0 Å². The largest absolute Gasteiger partial charge is 0.359 e. The Morgan fingerprint density at radius 1 is 1.12 bits per heavy atom. The molecule has 9 nitrogen and oxygen atoms in total. The molecule has 2 N–H and O–H groups in total. The molecule has 3 saturated heterocycles. The molecule has 6 rings (SSSR count). The molecule has 1 aromatic carbocycles. The Hall–Kier alpha value is -2.53. The molecule has 43 heavy (non-hydrogen) atoms. The molecule has 1 aromatic rings. The lowest BCUT2D eigenvalue weighted by molar-refractivity contribution is -0.141. The molecule has 5 aliphatic rings. The van der Waals surface area contributed by atoms with Gasteiger partial charge in [0.2, 0.25) is 17.7 Å². The number of nitrogens with zero attached hydrogens (tertiary/aromatic N) is 3. The molecule has 3 amide bonds. The summed E-state index contributed by atoms with van der Waals surface area (Å²) < 4.78 is 20.2. The van der Waals surface area contributed by atoms with Gasteiger partial charge in [-0.05, 0) is 56.5 Å². The van der Waals surface area contributed by atoms with E-state index in [1.165, 1.54) is 18.2 Å². The van der Waals surface area contributed by atoms with Crippen molar-refractivity contribution in [3.8, 4) is 0 Å². The van der Waals surface area contributed by atoms with Gasteiger partial charge in [0.25, 0.3) is 0 Å². The number of benzene rings is 1. The summed E-state index contributed by atoms with van der Waals surface area (Å²) in [7, 11) is 2.12. The third-order valence-electron chi connectivity index (χ3n) is 10.6. The monoisotopic (exact) mass is 615 g/mol. The number of hydrogen-bond acceptors (Lipinski definition) is 6. The van der Waals surface area contributed by atoms with E-state index in [1.807, 2.05) is 12.2 Å². The maximum atomic E-state index is 14.2. The van der Waals surface area contributed by atoms with Crippen LogP contribution in [0, 0.1) is 29.5 Å². The van der Waals surface area contributed by atoms with Crippen LogP contribution < -0.4 is 10.6 Å². The number of likely N-dealkylation sites (tertiary alicyclic amines) is 1. The first-order valence-electron chi connectivity index (χ1n) is 15.7. The van der Waals surface area contributed by atoms with Crippen molar-refractivity contribution in [2.45, 2.75) is 63.3 Å². The minimum atomic E-state index is -1.22. The van der Waals surface area contributed by atoms with Crippen LogP contribution in [0.25, 0.3) is 0 Å². The molecule has 8 unspecified atom stereocenters. The number of halogens is 2. The highest BCUT2D eigenvalue weighted by Crippen LogP contribution is 2.55. The molecule has 1 saturated carbocycles. The topological polar surface area (TPSA) is 94.2 Å². The summed E-state index contributed by atoms with van der Waals surface area (Å²) in [6.07, 6.45) is 6.84. The van der Waals surface area contributed by atoms with Crippen molar-refractivity contribution in [3.63, 3.8) is 0 Å². The lowest BCUT2D eigenvalue weighted by Gasteiger charge is -2.38. The predicted molar refractivity (Wildman–Crippen MR) is 162 cm³/mol. The number of carbonyl (C=O) groups is 3. The molecular weight excluding hydrogens is 573 g/mol. The number of rotatable bonds is 8. The number of nitrogens with one attached hydrogen (secondary N) is 2. The van der Waals surface area contributed by atoms with Crippen molar-refractivity contribution in [2.24, 2.45) is 23.7 Å². The number of anilines is 1. The van der Waals surface area contributed by atoms with Crippen molar-refractivity contribution >= 4 is 35.0 Å². The smallest absolute Gasteiger partial charge is 0.246 e. The lowest BCUT2D eigenvalue weighted by atomic mass is 9.73. The van der Waals surface area contributed by atoms with Crippen LogP contribution in [-0.2, 0) is 19.1 Å². The highest BCUT2D eigenvalue weighted by molar-refractivity contribution is 6.31. The Labute approximate surface area is 258 Å². The second-order valence-electron chi connectivity index (χ2n) is 13.2. The molecule has 0 radical (unpaired) electrons. The standard InChI is InChI=1S/C32H43ClFN5O4/c1-19-6-4-7-24(20(19)2)36-30(41)28-32-11-10-25(43-32)26(29(40)35-21-8-9-23(34)22(33)18-21)27(32)31(42)39(28)13-5-12-38-16-14-37(3)15-17-38/h8-11,18-20,24-28H,4-7,12-17H2,1-3H3,(H,35,40)(H,36,41). The molecule has 4 heterocycles. The average Bonchev–Trinajstić information content (AvgIpc) is 3.62. The van der Waals surface area contributed by atoms with E-state index in [1.54, 1.807) is 4.90 Å². The van der Waals surface area contributed by atoms with Crippen LogP contribution in [0.4, 0.5) is 10.1 Å². The third kappa shape index (κ3) is 5.60. The maximum Gasteiger partial charge on any atom is 0.246 e. The number of amides is 3. The first kappa shape index (κ1) is 30.5. The maximum absolute atomic E-state index is 14.2. The van der Waals surface area contributed by atoms with Crippen LogP contribution in [0.15, 0.2) is 30.4 Å². The van der Waals surface area contributed by atoms with Gasteiger partial charge in [0.1, 0.15) is 17.5 Å². The number of fused-ring (bicyclic) bond motifs is 1. The van der Waals surface area contributed by atoms with Crippen LogP contribution >= 0.6 is 11.6 Å². The van der Waals surface area contributed by atoms with E-state index in [0.29, 0.717) is 24.1 Å². The van der Waals surface area contributed by atoms with Gasteiger partial charge >= 0.3 is 0 Å². The zero-order valence-corrected chi connectivity index (χ0v) is 26.0. The van der Waals surface area contributed by atoms with E-state index in [0.717, 1.165) is 58.4 Å². The number of piperazine rings is 1. The Balaban J connectivity index is 1.24. The van der Waals surface area contributed by atoms with Gasteiger partial charge in [-0.2, -0.15) is 0 Å². The van der Waals surface area contributed by atoms with Crippen LogP contribution in [-0.4, -0.2) is 103 Å². The summed E-state index contributed by atoms with van der Waals surface area (Å²) in [4.78, 5) is 48.5. The van der Waals surface area contributed by atoms with Crippen molar-refractivity contribution in [2.75, 3.05) is 51.6 Å². The molecule has 4 fully saturated rings. The second-order valence-corrected chi connectivity index (χ2v) is 13.6. The molecule has 234 valence electrons. The van der Waals surface area contributed by atoms with E-state index in [-0.39, 0.29) is 22.9 Å². The molecule has 1 spiro atoms. The van der Waals surface area contributed by atoms with Crippen molar-refractivity contribution in [3.05, 3.63) is 41.2 Å². The van der Waals surface area contributed by atoms with Crippen LogP contribution in [0.2, 0.25) is 5.02 Å². The van der Waals surface area contributed by atoms with Gasteiger partial charge in [0, 0.05) is 44.5 Å². The zero-order valence-electron chi connectivity index (χ0n) is 25.2. The van der Waals surface area contributed by atoms with Crippen molar-refractivity contribution in [1.29, 1.82) is 0 Å². The third-order valence-corrected chi connectivity index (χ3v) is 10.9. The first-order valence-corrected chi connectivity index (χ1v) is 16.1. The van der Waals surface area contributed by atoms with Crippen molar-refractivity contribution in [1.82, 2.24) is 20.0 Å². The Morgan fingerprint density at radius 3 is 2.63 bits per heavy atom. The highest BCUT2D eigenvalue weighted by Gasteiger charge is 2.72. The summed E-state index contributed by atoms with van der Waals surface area (Å²) in [5, 5.41) is 6.01. The number of ether oxygens (including phenoxy) is 1. The van der Waals surface area contributed by atoms with Gasteiger partial charge in [0.15, 0.2) is 0 Å². The quantitative estimate of drug-likeness (QED) is 0.437. The van der Waals surface area contributed by atoms with E-state index in [2.05, 4.69) is 41.3 Å². The van der Waals surface area contributed by atoms with Gasteiger partial charge in [-0.25, -0.2) is 4.39 Å². The van der Waals surface area contributed by atoms with Gasteiger partial charge < -0.3 is 30.1 Å². The molecular formula is C32H43ClFN5O4. The SMILES string of the molecule is CC1CCCC(NC(=O)C2N(CCCN3CCN(C)CC3)C(=O)C3C(C(=O)Nc4ccc(F)c(Cl)c4)C4C=CC32O4)C1C. The Bertz CT molecular complexity index is 1290. The number of likely N-dealkylation sites (N-methyl/N-ethyl adjacent to an activating group) is 1. The van der Waals surface area contributed by atoms with E-state index < -0.39 is 41.3 Å². The van der Waals surface area contributed by atoms with Gasteiger partial charge in [0.05, 0.1) is 23.0 Å². The Kier molecular flexibility index (Phi) is 8.58.